The van der Waals surface area contributed by atoms with Crippen LogP contribution in [0, 0.1) is 5.92 Å². The second-order valence-corrected chi connectivity index (χ2v) is 9.90. The number of rotatable bonds is 7. The number of hydrogen-bond acceptors (Lipinski definition) is 9. The highest BCUT2D eigenvalue weighted by atomic mass is 35.5. The minimum absolute atomic E-state index is 0.0550. The zero-order valence-electron chi connectivity index (χ0n) is 19.7. The van der Waals surface area contributed by atoms with Crippen LogP contribution in [0.2, 0.25) is 0 Å². The topological polar surface area (TPSA) is 164 Å². The Morgan fingerprint density at radius 3 is 2.47 bits per heavy atom. The van der Waals surface area contributed by atoms with Crippen LogP contribution >= 0.6 is 23.2 Å². The molecule has 0 aromatic heterocycles. The van der Waals surface area contributed by atoms with Crippen molar-refractivity contribution in [1.29, 1.82) is 0 Å². The highest BCUT2D eigenvalue weighted by molar-refractivity contribution is 6.45. The van der Waals surface area contributed by atoms with Crippen molar-refractivity contribution in [3.05, 3.63) is 41.2 Å². The van der Waals surface area contributed by atoms with Crippen molar-refractivity contribution >= 4 is 41.2 Å². The molecule has 2 amide bonds. The fraction of sp³-hybridized carbons (Fsp3) is 0.522. The number of nitrogens with one attached hydrogen (secondary N) is 2. The minimum Gasteiger partial charge on any atom is -0.512 e. The van der Waals surface area contributed by atoms with E-state index in [0.717, 1.165) is 0 Å². The molecule has 0 radical (unpaired) electrons. The summed E-state index contributed by atoms with van der Waals surface area (Å²) in [6.07, 6.45) is -4.20. The average molecular weight is 547 g/mol. The van der Waals surface area contributed by atoms with Crippen molar-refractivity contribution in [2.75, 3.05) is 7.11 Å². The van der Waals surface area contributed by atoms with Crippen molar-refractivity contribution in [3.8, 4) is 5.75 Å². The van der Waals surface area contributed by atoms with Gasteiger partial charge in [-0.1, -0.05) is 12.1 Å². The van der Waals surface area contributed by atoms with Gasteiger partial charge in [-0.3, -0.25) is 4.79 Å². The molecule has 1 fully saturated rings. The number of halogens is 2. The van der Waals surface area contributed by atoms with E-state index in [2.05, 4.69) is 10.6 Å². The summed E-state index contributed by atoms with van der Waals surface area (Å²) in [5.41, 5.74) is -1.33. The molecule has 6 atom stereocenters. The zero-order chi connectivity index (χ0) is 26.8. The first-order chi connectivity index (χ1) is 16.9. The zero-order valence-corrected chi connectivity index (χ0v) is 21.2. The summed E-state index contributed by atoms with van der Waals surface area (Å²) in [4.78, 5) is 36.5. The number of methoxy groups -OCH3 is 1. The molecule has 0 saturated carbocycles. The lowest BCUT2D eigenvalue weighted by Crippen LogP contribution is -2.69. The summed E-state index contributed by atoms with van der Waals surface area (Å²) in [5, 5.41) is 36.1. The van der Waals surface area contributed by atoms with E-state index < -0.39 is 64.4 Å². The standard InChI is InChI=1S/C23H28Cl2N2O9/c1-10(26-22(33)35-9-11-4-6-12(34-3)7-5-11)19(31)27-18-16-15(13(28)8-14(29)17(16)30)20(32)36-23(18,2)21(24)25/h4-7,10,14,16-18,21,28-30H,8-9H2,1-3H3,(H,26,33)(H,27,31)/t10?,14-,16+,17+,18-,23+/m1/s1. The number of cyclic esters (lactones) is 1. The van der Waals surface area contributed by atoms with Crippen LogP contribution in [-0.2, 0) is 25.7 Å². The Balaban J connectivity index is 1.71. The van der Waals surface area contributed by atoms with Gasteiger partial charge in [-0.05, 0) is 31.5 Å². The Morgan fingerprint density at radius 1 is 1.25 bits per heavy atom. The number of fused-ring (bicyclic) bond motifs is 1. The number of carbonyl (C=O) groups excluding carboxylic acids is 3. The summed E-state index contributed by atoms with van der Waals surface area (Å²) in [6.45, 7) is 2.68. The first kappa shape index (κ1) is 27.9. The number of ether oxygens (including phenoxy) is 3. The van der Waals surface area contributed by atoms with Gasteiger partial charge in [0.2, 0.25) is 5.91 Å². The molecule has 3 rings (SSSR count). The predicted octanol–water partition coefficient (Wildman–Crippen LogP) is 1.47. The molecule has 36 heavy (non-hydrogen) atoms. The van der Waals surface area contributed by atoms with E-state index in [-0.39, 0.29) is 18.6 Å². The molecule has 1 unspecified atom stereocenters. The largest absolute Gasteiger partial charge is 0.512 e. The number of aliphatic hydroxyl groups is 3. The third-order valence-corrected chi connectivity index (χ3v) is 7.17. The molecule has 1 aliphatic carbocycles. The second-order valence-electron chi connectivity index (χ2n) is 8.80. The van der Waals surface area contributed by atoms with E-state index in [0.29, 0.717) is 11.3 Å². The Kier molecular flexibility index (Phi) is 8.60. The third kappa shape index (κ3) is 5.64. The molecule has 1 aliphatic heterocycles. The van der Waals surface area contributed by atoms with Crippen molar-refractivity contribution < 1.29 is 43.9 Å². The quantitative estimate of drug-likeness (QED) is 0.251. The Morgan fingerprint density at radius 2 is 1.89 bits per heavy atom. The molecule has 1 aromatic rings. The number of alkyl carbamates (subject to hydrolysis) is 1. The highest BCUT2D eigenvalue weighted by Crippen LogP contribution is 2.45. The molecule has 198 valence electrons. The second kappa shape index (κ2) is 11.1. The fourth-order valence-corrected chi connectivity index (χ4v) is 4.53. The van der Waals surface area contributed by atoms with Gasteiger partial charge in [0.15, 0.2) is 5.60 Å². The normalized spacial score (nSPS) is 28.6. The van der Waals surface area contributed by atoms with Gasteiger partial charge < -0.3 is 40.2 Å². The van der Waals surface area contributed by atoms with E-state index >= 15 is 0 Å². The van der Waals surface area contributed by atoms with Gasteiger partial charge in [0.25, 0.3) is 0 Å². The van der Waals surface area contributed by atoms with Gasteiger partial charge in [0.05, 0.1) is 30.9 Å². The molecule has 0 spiro atoms. The fourth-order valence-electron chi connectivity index (χ4n) is 4.17. The molecule has 1 aromatic carbocycles. The smallest absolute Gasteiger partial charge is 0.408 e. The number of amides is 2. The van der Waals surface area contributed by atoms with E-state index in [4.69, 9.17) is 37.4 Å². The first-order valence-corrected chi connectivity index (χ1v) is 11.9. The van der Waals surface area contributed by atoms with Crippen LogP contribution in [0.1, 0.15) is 25.8 Å². The Hall–Kier alpha value is -2.73. The van der Waals surface area contributed by atoms with Crippen LogP contribution in [0.15, 0.2) is 35.6 Å². The van der Waals surface area contributed by atoms with Crippen molar-refractivity contribution in [2.24, 2.45) is 5.92 Å². The van der Waals surface area contributed by atoms with Gasteiger partial charge in [0, 0.05) is 12.3 Å². The molecule has 1 heterocycles. The molecule has 13 heteroatoms. The van der Waals surface area contributed by atoms with Gasteiger partial charge >= 0.3 is 12.1 Å². The number of benzene rings is 1. The summed E-state index contributed by atoms with van der Waals surface area (Å²) >= 11 is 12.2. The van der Waals surface area contributed by atoms with Crippen LogP contribution in [0.4, 0.5) is 4.79 Å². The van der Waals surface area contributed by atoms with Gasteiger partial charge in [-0.15, -0.1) is 23.2 Å². The monoisotopic (exact) mass is 546 g/mol. The Bertz CT molecular complexity index is 1030. The van der Waals surface area contributed by atoms with Crippen LogP contribution < -0.4 is 15.4 Å². The number of esters is 1. The van der Waals surface area contributed by atoms with Gasteiger partial charge in [-0.25, -0.2) is 9.59 Å². The molecule has 2 aliphatic rings. The van der Waals surface area contributed by atoms with Crippen LogP contribution in [0.25, 0.3) is 0 Å². The summed E-state index contributed by atoms with van der Waals surface area (Å²) in [7, 11) is 1.53. The predicted molar refractivity (Wildman–Crippen MR) is 127 cm³/mol. The van der Waals surface area contributed by atoms with Gasteiger partial charge in [-0.2, -0.15) is 0 Å². The molecule has 1 saturated heterocycles. The van der Waals surface area contributed by atoms with E-state index in [1.165, 1.54) is 21.0 Å². The van der Waals surface area contributed by atoms with Crippen LogP contribution in [0.5, 0.6) is 5.75 Å². The Labute approximate surface area is 217 Å². The lowest BCUT2D eigenvalue weighted by molar-refractivity contribution is -0.173. The van der Waals surface area contributed by atoms with E-state index in [1.54, 1.807) is 24.3 Å². The molecule has 5 N–H and O–H groups in total. The van der Waals surface area contributed by atoms with Crippen LogP contribution in [0.3, 0.4) is 0 Å². The van der Waals surface area contributed by atoms with Crippen molar-refractivity contribution in [3.63, 3.8) is 0 Å². The lowest BCUT2D eigenvalue weighted by atomic mass is 9.71. The number of alkyl halides is 2. The molecular formula is C23H28Cl2N2O9. The maximum absolute atomic E-state index is 13.0. The maximum Gasteiger partial charge on any atom is 0.408 e. The SMILES string of the molecule is COc1ccc(COC(=O)NC(C)C(=O)N[C@@H]2[C@H]3C(=C(O)C[C@@H](O)[C@@H]3O)C(=O)O[C@]2(C)C(Cl)Cl)cc1. The summed E-state index contributed by atoms with van der Waals surface area (Å²) in [5.74, 6) is -2.83. The third-order valence-electron chi connectivity index (χ3n) is 6.31. The number of carbonyl (C=O) groups is 3. The summed E-state index contributed by atoms with van der Waals surface area (Å²) < 4.78 is 15.6. The highest BCUT2D eigenvalue weighted by Gasteiger charge is 2.59. The van der Waals surface area contributed by atoms with Crippen molar-refractivity contribution in [2.45, 2.75) is 61.6 Å². The number of aliphatic hydroxyl groups excluding tert-OH is 3. The molecular weight excluding hydrogens is 519 g/mol. The van der Waals surface area contributed by atoms with E-state index in [9.17, 15) is 29.7 Å². The van der Waals surface area contributed by atoms with Crippen molar-refractivity contribution in [1.82, 2.24) is 10.6 Å². The average Bonchev–Trinajstić information content (AvgIpc) is 2.82. The van der Waals surface area contributed by atoms with Crippen LogP contribution in [-0.4, -0.2) is 75.1 Å². The first-order valence-electron chi connectivity index (χ1n) is 11.0. The number of hydrogen-bond donors (Lipinski definition) is 5. The molecule has 0 bridgehead atoms. The van der Waals surface area contributed by atoms with Gasteiger partial charge in [0.1, 0.15) is 29.0 Å². The molecule has 11 nitrogen and oxygen atoms in total. The lowest BCUT2D eigenvalue weighted by Gasteiger charge is -2.50. The minimum atomic E-state index is -1.74. The summed E-state index contributed by atoms with van der Waals surface area (Å²) in [6, 6.07) is 4.45. The van der Waals surface area contributed by atoms with E-state index in [1.807, 2.05) is 0 Å². The maximum atomic E-state index is 13.0.